The second kappa shape index (κ2) is 6.89. The molecule has 0 aromatic carbocycles. The molecule has 0 aromatic heterocycles. The first kappa shape index (κ1) is 16.0. The summed E-state index contributed by atoms with van der Waals surface area (Å²) < 4.78 is 0. The van der Waals surface area contributed by atoms with E-state index in [2.05, 4.69) is 29.8 Å². The van der Waals surface area contributed by atoms with Crippen molar-refractivity contribution in [3.8, 4) is 0 Å². The van der Waals surface area contributed by atoms with E-state index in [4.69, 9.17) is 0 Å². The minimum atomic E-state index is -0.290. The Balaban J connectivity index is 2.36. The smallest absolute Gasteiger partial charge is 0.227 e. The molecule has 1 unspecified atom stereocenters. The van der Waals surface area contributed by atoms with Gasteiger partial charge in [-0.2, -0.15) is 0 Å². The fraction of sp³-hybridized carbons (Fsp3) is 0.857. The third-order valence-electron chi connectivity index (χ3n) is 3.98. The maximum atomic E-state index is 12.3. The number of carbonyl (C=O) groups is 2. The van der Waals surface area contributed by atoms with E-state index in [1.165, 1.54) is 0 Å². The van der Waals surface area contributed by atoms with Crippen molar-refractivity contribution in [3.05, 3.63) is 0 Å². The number of carbonyl (C=O) groups excluding carboxylic acids is 2. The van der Waals surface area contributed by atoms with Crippen LogP contribution in [0.3, 0.4) is 0 Å². The second-order valence-corrected chi connectivity index (χ2v) is 5.94. The van der Waals surface area contributed by atoms with E-state index in [0.717, 1.165) is 19.5 Å². The molecular weight excluding hydrogens is 242 g/mol. The number of rotatable bonds is 6. The van der Waals surface area contributed by atoms with Crippen molar-refractivity contribution in [1.82, 2.24) is 16.0 Å². The van der Waals surface area contributed by atoms with Crippen LogP contribution in [0.15, 0.2) is 0 Å². The molecule has 1 rings (SSSR count). The van der Waals surface area contributed by atoms with Crippen LogP contribution in [0, 0.1) is 17.3 Å². The molecule has 110 valence electrons. The van der Waals surface area contributed by atoms with E-state index in [0.29, 0.717) is 19.0 Å². The van der Waals surface area contributed by atoms with Crippen LogP contribution < -0.4 is 16.0 Å². The summed E-state index contributed by atoms with van der Waals surface area (Å²) in [5, 5.41) is 9.02. The van der Waals surface area contributed by atoms with Crippen molar-refractivity contribution in [2.75, 3.05) is 26.2 Å². The normalized spacial score (nSPS) is 22.8. The molecule has 0 aliphatic carbocycles. The van der Waals surface area contributed by atoms with Gasteiger partial charge >= 0.3 is 0 Å². The molecule has 1 aliphatic heterocycles. The fourth-order valence-electron chi connectivity index (χ4n) is 2.40. The van der Waals surface area contributed by atoms with Crippen LogP contribution in [0.2, 0.25) is 0 Å². The van der Waals surface area contributed by atoms with E-state index in [1.807, 2.05) is 13.8 Å². The molecule has 1 aliphatic rings. The fourth-order valence-corrected chi connectivity index (χ4v) is 2.40. The Morgan fingerprint density at radius 3 is 2.26 bits per heavy atom. The zero-order valence-corrected chi connectivity index (χ0v) is 12.5. The molecule has 1 saturated heterocycles. The van der Waals surface area contributed by atoms with Gasteiger partial charge in [-0.1, -0.05) is 27.7 Å². The minimum absolute atomic E-state index is 0.0169. The van der Waals surface area contributed by atoms with Gasteiger partial charge in [0.1, 0.15) is 0 Å². The van der Waals surface area contributed by atoms with Crippen LogP contribution in [0.1, 0.15) is 34.1 Å². The van der Waals surface area contributed by atoms with Crippen molar-refractivity contribution < 1.29 is 9.59 Å². The number of amides is 2. The van der Waals surface area contributed by atoms with Crippen molar-refractivity contribution in [1.29, 1.82) is 0 Å². The standard InChI is InChI=1S/C14H27N3O2/c1-10(2)12(18)16-7-8-17-13(19)14(11(3)4)5-6-15-9-14/h10-11,15H,5-9H2,1-4H3,(H,16,18)(H,17,19). The first-order valence-electron chi connectivity index (χ1n) is 7.17. The highest BCUT2D eigenvalue weighted by Gasteiger charge is 2.43. The summed E-state index contributed by atoms with van der Waals surface area (Å²) in [4.78, 5) is 23.7. The molecular formula is C14H27N3O2. The topological polar surface area (TPSA) is 70.2 Å². The van der Waals surface area contributed by atoms with Gasteiger partial charge in [-0.05, 0) is 18.9 Å². The van der Waals surface area contributed by atoms with E-state index < -0.39 is 0 Å². The average Bonchev–Trinajstić information content (AvgIpc) is 2.84. The summed E-state index contributed by atoms with van der Waals surface area (Å²) >= 11 is 0. The van der Waals surface area contributed by atoms with Crippen molar-refractivity contribution >= 4 is 11.8 Å². The molecule has 1 atom stereocenters. The first-order valence-corrected chi connectivity index (χ1v) is 7.17. The van der Waals surface area contributed by atoms with Crippen LogP contribution in [-0.2, 0) is 9.59 Å². The summed E-state index contributed by atoms with van der Waals surface area (Å²) in [6.45, 7) is 10.5. The molecule has 0 spiro atoms. The Bertz CT molecular complexity index is 321. The molecule has 0 radical (unpaired) electrons. The Kier molecular flexibility index (Phi) is 5.79. The molecule has 0 aromatic rings. The Labute approximate surface area is 115 Å². The van der Waals surface area contributed by atoms with E-state index in [-0.39, 0.29) is 23.1 Å². The SMILES string of the molecule is CC(C)C(=O)NCCNC(=O)C1(C(C)C)CCNC1. The largest absolute Gasteiger partial charge is 0.354 e. The highest BCUT2D eigenvalue weighted by atomic mass is 16.2. The quantitative estimate of drug-likeness (QED) is 0.615. The lowest BCUT2D eigenvalue weighted by atomic mass is 9.75. The summed E-state index contributed by atoms with van der Waals surface area (Å²) in [5.41, 5.74) is -0.290. The predicted octanol–water partition coefficient (Wildman–Crippen LogP) is 0.511. The second-order valence-electron chi connectivity index (χ2n) is 5.94. The van der Waals surface area contributed by atoms with Gasteiger partial charge in [-0.15, -0.1) is 0 Å². The number of hydrogen-bond donors (Lipinski definition) is 3. The summed E-state index contributed by atoms with van der Waals surface area (Å²) in [6.07, 6.45) is 0.884. The van der Waals surface area contributed by atoms with Gasteiger partial charge in [0.05, 0.1) is 5.41 Å². The van der Waals surface area contributed by atoms with Crippen LogP contribution in [-0.4, -0.2) is 38.0 Å². The lowest BCUT2D eigenvalue weighted by Crippen LogP contribution is -2.48. The van der Waals surface area contributed by atoms with Gasteiger partial charge in [-0.25, -0.2) is 0 Å². The molecule has 1 heterocycles. The maximum Gasteiger partial charge on any atom is 0.227 e. The van der Waals surface area contributed by atoms with Gasteiger partial charge in [-0.3, -0.25) is 9.59 Å². The van der Waals surface area contributed by atoms with E-state index in [9.17, 15) is 9.59 Å². The Morgan fingerprint density at radius 2 is 1.79 bits per heavy atom. The Hall–Kier alpha value is -1.10. The zero-order valence-electron chi connectivity index (χ0n) is 12.5. The van der Waals surface area contributed by atoms with Crippen molar-refractivity contribution in [2.24, 2.45) is 17.3 Å². The summed E-state index contributed by atoms with van der Waals surface area (Å²) in [6, 6.07) is 0. The zero-order chi connectivity index (χ0) is 14.5. The van der Waals surface area contributed by atoms with Gasteiger partial charge in [0.15, 0.2) is 0 Å². The molecule has 19 heavy (non-hydrogen) atoms. The van der Waals surface area contributed by atoms with Gasteiger partial charge in [0, 0.05) is 25.6 Å². The number of nitrogens with one attached hydrogen (secondary N) is 3. The maximum absolute atomic E-state index is 12.3. The molecule has 0 saturated carbocycles. The van der Waals surface area contributed by atoms with E-state index >= 15 is 0 Å². The highest BCUT2D eigenvalue weighted by Crippen LogP contribution is 2.34. The van der Waals surface area contributed by atoms with Gasteiger partial charge in [0.25, 0.3) is 0 Å². The molecule has 5 nitrogen and oxygen atoms in total. The van der Waals surface area contributed by atoms with Gasteiger partial charge in [0.2, 0.25) is 11.8 Å². The van der Waals surface area contributed by atoms with Crippen LogP contribution >= 0.6 is 0 Å². The molecule has 5 heteroatoms. The summed E-state index contributed by atoms with van der Waals surface area (Å²) in [5.74, 6) is 0.422. The average molecular weight is 269 g/mol. The Morgan fingerprint density at radius 1 is 1.16 bits per heavy atom. The molecule has 1 fully saturated rings. The van der Waals surface area contributed by atoms with Crippen molar-refractivity contribution in [3.63, 3.8) is 0 Å². The lowest BCUT2D eigenvalue weighted by molar-refractivity contribution is -0.132. The third kappa shape index (κ3) is 3.93. The molecule has 3 N–H and O–H groups in total. The van der Waals surface area contributed by atoms with Crippen molar-refractivity contribution in [2.45, 2.75) is 34.1 Å². The monoisotopic (exact) mass is 269 g/mol. The first-order chi connectivity index (χ1) is 8.90. The van der Waals surface area contributed by atoms with Gasteiger partial charge < -0.3 is 16.0 Å². The highest BCUT2D eigenvalue weighted by molar-refractivity contribution is 5.83. The van der Waals surface area contributed by atoms with E-state index in [1.54, 1.807) is 0 Å². The molecule has 2 amide bonds. The van der Waals surface area contributed by atoms with Crippen LogP contribution in [0.5, 0.6) is 0 Å². The van der Waals surface area contributed by atoms with Crippen LogP contribution in [0.25, 0.3) is 0 Å². The minimum Gasteiger partial charge on any atom is -0.354 e. The third-order valence-corrected chi connectivity index (χ3v) is 3.98. The predicted molar refractivity (Wildman–Crippen MR) is 75.6 cm³/mol. The number of hydrogen-bond acceptors (Lipinski definition) is 3. The summed E-state index contributed by atoms with van der Waals surface area (Å²) in [7, 11) is 0. The van der Waals surface area contributed by atoms with Crippen LogP contribution in [0.4, 0.5) is 0 Å². The lowest BCUT2D eigenvalue weighted by Gasteiger charge is -2.31. The molecule has 0 bridgehead atoms.